The quantitative estimate of drug-likeness (QED) is 0.833. The number of carbonyl (C=O) groups excluding carboxylic acids is 1. The third kappa shape index (κ3) is 3.37. The van der Waals surface area contributed by atoms with Crippen molar-refractivity contribution in [3.8, 4) is 0 Å². The van der Waals surface area contributed by atoms with Gasteiger partial charge in [0.1, 0.15) is 10.6 Å². The Hall–Kier alpha value is -1.34. The van der Waals surface area contributed by atoms with Crippen LogP contribution in [0.15, 0.2) is 17.2 Å². The Balaban J connectivity index is 1.85. The van der Waals surface area contributed by atoms with Crippen molar-refractivity contribution >= 4 is 15.9 Å². The van der Waals surface area contributed by atoms with E-state index in [2.05, 4.69) is 13.8 Å². The lowest BCUT2D eigenvalue weighted by molar-refractivity contribution is 0.0683. The molecule has 0 unspecified atom stereocenters. The highest BCUT2D eigenvalue weighted by Crippen LogP contribution is 2.25. The van der Waals surface area contributed by atoms with Gasteiger partial charge < -0.3 is 9.47 Å². The highest BCUT2D eigenvalue weighted by atomic mass is 32.2. The molecule has 0 N–H and O–H groups in total. The molecular weight excluding hydrogens is 326 g/mol. The Morgan fingerprint density at radius 3 is 2.33 bits per heavy atom. The van der Waals surface area contributed by atoms with Crippen LogP contribution in [0.1, 0.15) is 50.0 Å². The van der Waals surface area contributed by atoms with E-state index in [-0.39, 0.29) is 10.8 Å². The first-order valence-corrected chi connectivity index (χ1v) is 10.3. The first-order chi connectivity index (χ1) is 11.4. The zero-order valence-electron chi connectivity index (χ0n) is 14.6. The molecule has 0 radical (unpaired) electrons. The first-order valence-electron chi connectivity index (χ1n) is 8.89. The Morgan fingerprint density at radius 1 is 1.04 bits per heavy atom. The molecule has 24 heavy (non-hydrogen) atoms. The van der Waals surface area contributed by atoms with Crippen LogP contribution >= 0.6 is 0 Å². The van der Waals surface area contributed by atoms with Crippen LogP contribution in [0.4, 0.5) is 0 Å². The van der Waals surface area contributed by atoms with Gasteiger partial charge in [-0.3, -0.25) is 4.79 Å². The normalized spacial score (nSPS) is 20.3. The minimum atomic E-state index is -3.50. The third-order valence-electron chi connectivity index (χ3n) is 4.78. The number of aromatic nitrogens is 1. The Kier molecular flexibility index (Phi) is 5.01. The molecule has 1 fully saturated rings. The zero-order valence-corrected chi connectivity index (χ0v) is 15.4. The van der Waals surface area contributed by atoms with Gasteiger partial charge in [-0.1, -0.05) is 26.7 Å². The number of sulfonamides is 1. The molecule has 0 bridgehead atoms. The van der Waals surface area contributed by atoms with Crippen molar-refractivity contribution in [1.82, 2.24) is 13.8 Å². The van der Waals surface area contributed by atoms with Crippen molar-refractivity contribution < 1.29 is 13.2 Å². The molecule has 2 aliphatic rings. The predicted molar refractivity (Wildman–Crippen MR) is 92.4 cm³/mol. The van der Waals surface area contributed by atoms with Gasteiger partial charge in [0.15, 0.2) is 0 Å². The summed E-state index contributed by atoms with van der Waals surface area (Å²) in [5, 5.41) is 0. The van der Waals surface area contributed by atoms with Crippen LogP contribution in [0.3, 0.4) is 0 Å². The van der Waals surface area contributed by atoms with Crippen LogP contribution in [-0.4, -0.2) is 54.3 Å². The molecular formula is C17H27N3O3S. The van der Waals surface area contributed by atoms with Gasteiger partial charge in [-0.2, -0.15) is 4.31 Å². The molecule has 0 spiro atoms. The van der Waals surface area contributed by atoms with Crippen LogP contribution in [-0.2, 0) is 16.6 Å². The number of fused-ring (bicyclic) bond motifs is 1. The van der Waals surface area contributed by atoms with E-state index in [4.69, 9.17) is 0 Å². The van der Waals surface area contributed by atoms with Crippen LogP contribution in [0.25, 0.3) is 0 Å². The molecule has 0 aromatic carbocycles. The number of carbonyl (C=O) groups is 1. The van der Waals surface area contributed by atoms with Gasteiger partial charge in [0, 0.05) is 38.9 Å². The maximum absolute atomic E-state index is 12.9. The molecule has 134 valence electrons. The molecule has 2 aliphatic heterocycles. The molecule has 6 nitrogen and oxygen atoms in total. The standard InChI is InChI=1S/C17H27N3O3S/c1-14(2)12-19-10-9-18-13-15(11-16(18)17(19)21)24(22,23)20-7-5-3-4-6-8-20/h11,13-14H,3-10,12H2,1-2H3. The number of amides is 1. The lowest BCUT2D eigenvalue weighted by Crippen LogP contribution is -2.41. The lowest BCUT2D eigenvalue weighted by Gasteiger charge is -2.29. The van der Waals surface area contributed by atoms with Crippen LogP contribution < -0.4 is 0 Å². The topological polar surface area (TPSA) is 62.6 Å². The Bertz CT molecular complexity index is 701. The van der Waals surface area contributed by atoms with Gasteiger partial charge in [-0.05, 0) is 24.8 Å². The minimum absolute atomic E-state index is 0.0627. The van der Waals surface area contributed by atoms with Gasteiger partial charge in [-0.15, -0.1) is 0 Å². The van der Waals surface area contributed by atoms with Crippen molar-refractivity contribution in [3.63, 3.8) is 0 Å². The van der Waals surface area contributed by atoms with Crippen molar-refractivity contribution in [2.75, 3.05) is 26.2 Å². The molecule has 1 saturated heterocycles. The second-order valence-corrected chi connectivity index (χ2v) is 9.16. The lowest BCUT2D eigenvalue weighted by atomic mass is 10.2. The maximum atomic E-state index is 12.9. The highest BCUT2D eigenvalue weighted by molar-refractivity contribution is 7.89. The number of rotatable bonds is 4. The molecule has 1 aromatic rings. The summed E-state index contributed by atoms with van der Waals surface area (Å²) in [6.07, 6.45) is 5.63. The molecule has 1 amide bonds. The summed E-state index contributed by atoms with van der Waals surface area (Å²) in [5.74, 6) is 0.336. The molecule has 3 rings (SSSR count). The van der Waals surface area contributed by atoms with Crippen molar-refractivity contribution in [3.05, 3.63) is 18.0 Å². The second-order valence-electron chi connectivity index (χ2n) is 7.22. The van der Waals surface area contributed by atoms with E-state index < -0.39 is 10.0 Å². The Labute approximate surface area is 144 Å². The summed E-state index contributed by atoms with van der Waals surface area (Å²) in [4.78, 5) is 14.7. The second kappa shape index (κ2) is 6.88. The molecule has 0 atom stereocenters. The van der Waals surface area contributed by atoms with Gasteiger partial charge in [0.05, 0.1) is 0 Å². The van der Waals surface area contributed by atoms with E-state index in [1.54, 1.807) is 21.1 Å². The summed E-state index contributed by atoms with van der Waals surface area (Å²) < 4.78 is 29.2. The average Bonchev–Trinajstić information content (AvgIpc) is 2.78. The van der Waals surface area contributed by atoms with Crippen molar-refractivity contribution in [1.29, 1.82) is 0 Å². The smallest absolute Gasteiger partial charge is 0.270 e. The molecule has 0 aliphatic carbocycles. The van der Waals surface area contributed by atoms with E-state index in [9.17, 15) is 13.2 Å². The molecule has 3 heterocycles. The minimum Gasteiger partial charge on any atom is -0.340 e. The van der Waals surface area contributed by atoms with Gasteiger partial charge in [0.25, 0.3) is 5.91 Å². The maximum Gasteiger partial charge on any atom is 0.270 e. The summed E-state index contributed by atoms with van der Waals surface area (Å²) in [5.41, 5.74) is 0.496. The van der Waals surface area contributed by atoms with E-state index >= 15 is 0 Å². The van der Waals surface area contributed by atoms with E-state index in [0.717, 1.165) is 25.7 Å². The molecule has 7 heteroatoms. The Morgan fingerprint density at radius 2 is 1.71 bits per heavy atom. The molecule has 1 aromatic heterocycles. The van der Waals surface area contributed by atoms with Crippen LogP contribution in [0.5, 0.6) is 0 Å². The fraction of sp³-hybridized carbons (Fsp3) is 0.706. The number of hydrogen-bond acceptors (Lipinski definition) is 3. The monoisotopic (exact) mass is 353 g/mol. The van der Waals surface area contributed by atoms with Gasteiger partial charge >= 0.3 is 0 Å². The van der Waals surface area contributed by atoms with E-state index in [1.165, 1.54) is 0 Å². The fourth-order valence-corrected chi connectivity index (χ4v) is 5.08. The van der Waals surface area contributed by atoms with Gasteiger partial charge in [-0.25, -0.2) is 8.42 Å². The summed E-state index contributed by atoms with van der Waals surface area (Å²) >= 11 is 0. The highest BCUT2D eigenvalue weighted by Gasteiger charge is 2.31. The predicted octanol–water partition coefficient (Wildman–Crippen LogP) is 2.16. The van der Waals surface area contributed by atoms with Crippen molar-refractivity contribution in [2.45, 2.75) is 51.0 Å². The zero-order chi connectivity index (χ0) is 17.3. The van der Waals surface area contributed by atoms with E-state index in [0.29, 0.717) is 44.3 Å². The fourth-order valence-electron chi connectivity index (χ4n) is 3.53. The van der Waals surface area contributed by atoms with Crippen LogP contribution in [0.2, 0.25) is 0 Å². The number of nitrogens with zero attached hydrogens (tertiary/aromatic N) is 3. The van der Waals surface area contributed by atoms with Gasteiger partial charge in [0.2, 0.25) is 10.0 Å². The summed E-state index contributed by atoms with van der Waals surface area (Å²) in [6.45, 7) is 7.32. The number of hydrogen-bond donors (Lipinski definition) is 0. The van der Waals surface area contributed by atoms with Crippen LogP contribution in [0, 0.1) is 5.92 Å². The SMILES string of the molecule is CC(C)CN1CCn2cc(S(=O)(=O)N3CCCCCC3)cc2C1=O. The summed E-state index contributed by atoms with van der Waals surface area (Å²) in [6, 6.07) is 1.56. The summed E-state index contributed by atoms with van der Waals surface area (Å²) in [7, 11) is -3.50. The van der Waals surface area contributed by atoms with Crippen molar-refractivity contribution in [2.24, 2.45) is 5.92 Å². The largest absolute Gasteiger partial charge is 0.340 e. The molecule has 0 saturated carbocycles. The van der Waals surface area contributed by atoms with E-state index in [1.807, 2.05) is 4.90 Å². The average molecular weight is 353 g/mol. The first kappa shape index (κ1) is 17.5. The third-order valence-corrected chi connectivity index (χ3v) is 6.64.